The minimum absolute atomic E-state index is 0.0135. The highest BCUT2D eigenvalue weighted by molar-refractivity contribution is 5.94. The van der Waals surface area contributed by atoms with E-state index >= 15 is 0 Å². The van der Waals surface area contributed by atoms with Crippen LogP contribution in [-0.4, -0.2) is 28.4 Å². The highest BCUT2D eigenvalue weighted by Crippen LogP contribution is 2.36. The molecule has 3 amide bonds. The zero-order chi connectivity index (χ0) is 17.3. The van der Waals surface area contributed by atoms with E-state index in [0.29, 0.717) is 18.9 Å². The van der Waals surface area contributed by atoms with Gasteiger partial charge >= 0.3 is 6.03 Å². The van der Waals surface area contributed by atoms with Crippen LogP contribution in [0.25, 0.3) is 0 Å². The van der Waals surface area contributed by atoms with Gasteiger partial charge in [0.25, 0.3) is 0 Å². The summed E-state index contributed by atoms with van der Waals surface area (Å²) in [5, 5.41) is 13.5. The summed E-state index contributed by atoms with van der Waals surface area (Å²) in [5.74, 6) is 0.659. The number of anilines is 1. The molecule has 0 aromatic carbocycles. The van der Waals surface area contributed by atoms with Crippen LogP contribution in [0.5, 0.6) is 0 Å². The molecule has 2 aliphatic rings. The van der Waals surface area contributed by atoms with Crippen molar-refractivity contribution in [2.45, 2.75) is 58.5 Å². The van der Waals surface area contributed by atoms with Gasteiger partial charge in [0.05, 0.1) is 11.2 Å². The molecule has 1 aromatic heterocycles. The van der Waals surface area contributed by atoms with Crippen molar-refractivity contribution >= 4 is 17.8 Å². The summed E-state index contributed by atoms with van der Waals surface area (Å²) < 4.78 is 0. The highest BCUT2D eigenvalue weighted by Gasteiger charge is 2.38. The van der Waals surface area contributed by atoms with Crippen molar-refractivity contribution in [3.8, 4) is 0 Å². The first-order valence-corrected chi connectivity index (χ1v) is 8.65. The number of nitrogens with zero attached hydrogens (tertiary/aromatic N) is 2. The smallest absolute Gasteiger partial charge is 0.335 e. The van der Waals surface area contributed by atoms with Crippen LogP contribution in [0, 0.1) is 5.92 Å². The molecule has 24 heavy (non-hydrogen) atoms. The minimum atomic E-state index is -0.332. The molecule has 0 saturated heterocycles. The van der Waals surface area contributed by atoms with Crippen molar-refractivity contribution in [3.05, 3.63) is 11.3 Å². The van der Waals surface area contributed by atoms with Gasteiger partial charge in [0.1, 0.15) is 0 Å². The fraction of sp³-hybridized carbons (Fsp3) is 0.688. The zero-order valence-electron chi connectivity index (χ0n) is 14.5. The van der Waals surface area contributed by atoms with Gasteiger partial charge in [-0.2, -0.15) is 4.79 Å². The van der Waals surface area contributed by atoms with Crippen LogP contribution in [-0.2, 0) is 16.9 Å². The molecule has 2 heterocycles. The highest BCUT2D eigenvalue weighted by atomic mass is 16.2. The van der Waals surface area contributed by atoms with E-state index in [0.717, 1.165) is 36.9 Å². The van der Waals surface area contributed by atoms with Crippen molar-refractivity contribution in [1.29, 1.82) is 0 Å². The Morgan fingerprint density at radius 3 is 2.79 bits per heavy atom. The van der Waals surface area contributed by atoms with Crippen molar-refractivity contribution in [1.82, 2.24) is 20.5 Å². The maximum atomic E-state index is 12.1. The predicted octanol–water partition coefficient (Wildman–Crippen LogP) is 1.62. The Morgan fingerprint density at radius 2 is 2.12 bits per heavy atom. The lowest BCUT2D eigenvalue weighted by molar-refractivity contribution is -0.117. The molecule has 1 aromatic rings. The Bertz CT molecular complexity index is 647. The quantitative estimate of drug-likeness (QED) is 0.594. The largest absolute Gasteiger partial charge is 0.337 e. The molecule has 0 bridgehead atoms. The predicted molar refractivity (Wildman–Crippen MR) is 91.1 cm³/mol. The lowest BCUT2D eigenvalue weighted by Gasteiger charge is -2.21. The molecule has 0 unspecified atom stereocenters. The molecule has 1 aliphatic heterocycles. The van der Waals surface area contributed by atoms with Crippen LogP contribution in [0.4, 0.5) is 10.6 Å². The van der Waals surface area contributed by atoms with Gasteiger partial charge in [-0.25, -0.2) is 10.2 Å². The molecule has 0 spiro atoms. The Morgan fingerprint density at radius 1 is 1.38 bits per heavy atom. The molecule has 4 N–H and O–H groups in total. The van der Waals surface area contributed by atoms with E-state index in [1.165, 1.54) is 4.79 Å². The molecular formula is C16H26N6O2. The molecule has 1 aliphatic carbocycles. The Labute approximate surface area is 141 Å². The topological polar surface area (TPSA) is 100 Å². The van der Waals surface area contributed by atoms with E-state index in [1.54, 1.807) is 0 Å². The first kappa shape index (κ1) is 16.8. The number of urea groups is 1. The van der Waals surface area contributed by atoms with Crippen LogP contribution in [0.1, 0.15) is 57.7 Å². The van der Waals surface area contributed by atoms with E-state index in [1.807, 2.05) is 13.8 Å². The van der Waals surface area contributed by atoms with Gasteiger partial charge in [-0.15, -0.1) is 5.10 Å². The zero-order valence-corrected chi connectivity index (χ0v) is 14.5. The van der Waals surface area contributed by atoms with Crippen molar-refractivity contribution in [2.24, 2.45) is 5.92 Å². The summed E-state index contributed by atoms with van der Waals surface area (Å²) in [6.45, 7) is 7.36. The van der Waals surface area contributed by atoms with E-state index in [9.17, 15) is 9.59 Å². The van der Waals surface area contributed by atoms with E-state index < -0.39 is 0 Å². The van der Waals surface area contributed by atoms with Crippen molar-refractivity contribution in [2.75, 3.05) is 17.3 Å². The third-order valence-corrected chi connectivity index (χ3v) is 4.50. The van der Waals surface area contributed by atoms with Gasteiger partial charge in [-0.1, -0.05) is 13.3 Å². The molecule has 132 valence electrons. The molecule has 8 nitrogen and oxygen atoms in total. The number of hydrogen-bond donors (Lipinski definition) is 4. The number of nitrogens with one attached hydrogen (secondary N) is 4. The summed E-state index contributed by atoms with van der Waals surface area (Å²) in [7, 11) is 0. The molecule has 0 atom stereocenters. The van der Waals surface area contributed by atoms with Gasteiger partial charge in [0, 0.05) is 24.6 Å². The second-order valence-corrected chi connectivity index (χ2v) is 7.05. The van der Waals surface area contributed by atoms with Gasteiger partial charge in [0.15, 0.2) is 5.82 Å². The number of carbonyl (C=O) groups excluding carboxylic acids is 2. The lowest BCUT2D eigenvalue weighted by atomic mass is 10.0. The van der Waals surface area contributed by atoms with Gasteiger partial charge in [-0.05, 0) is 33.1 Å². The fourth-order valence-corrected chi connectivity index (χ4v) is 2.91. The summed E-state index contributed by atoms with van der Waals surface area (Å²) in [6, 6.07) is -0.295. The van der Waals surface area contributed by atoms with Crippen molar-refractivity contribution in [3.63, 3.8) is 0 Å². The normalized spacial score (nSPS) is 18.1. The first-order chi connectivity index (χ1) is 11.4. The van der Waals surface area contributed by atoms with Crippen LogP contribution < -0.4 is 21.4 Å². The van der Waals surface area contributed by atoms with Gasteiger partial charge < -0.3 is 16.0 Å². The lowest BCUT2D eigenvalue weighted by Crippen LogP contribution is -2.39. The van der Waals surface area contributed by atoms with Crippen LogP contribution in [0.2, 0.25) is 0 Å². The first-order valence-electron chi connectivity index (χ1n) is 8.65. The number of amides is 3. The standard InChI is InChI=1S/C16H26N6O2/c1-4-5-8-17-15(24)21-22-12-11(9-18-16(12,2)3)13(20-22)19-14(23)10-6-7-10/h10,18H,4-9H2,1-3H3,(H2,17,21,24)(H,19,20,23). The van der Waals surface area contributed by atoms with E-state index in [2.05, 4.69) is 33.4 Å². The molecular weight excluding hydrogens is 308 g/mol. The SMILES string of the molecule is CCCCNC(=O)Nn1nc(NC(=O)C2CC2)c2c1C(C)(C)NC2. The molecule has 3 rings (SSSR count). The number of rotatable bonds is 6. The number of aromatic nitrogens is 2. The van der Waals surface area contributed by atoms with E-state index in [-0.39, 0.29) is 23.4 Å². The average Bonchev–Trinajstić information content (AvgIpc) is 3.24. The van der Waals surface area contributed by atoms with Crippen molar-refractivity contribution < 1.29 is 9.59 Å². The summed E-state index contributed by atoms with van der Waals surface area (Å²) >= 11 is 0. The number of carbonyl (C=O) groups is 2. The fourth-order valence-electron chi connectivity index (χ4n) is 2.91. The number of fused-ring (bicyclic) bond motifs is 1. The van der Waals surface area contributed by atoms with E-state index in [4.69, 9.17) is 0 Å². The third kappa shape index (κ3) is 3.38. The molecule has 8 heteroatoms. The maximum Gasteiger partial charge on any atom is 0.335 e. The second-order valence-electron chi connectivity index (χ2n) is 7.05. The maximum absolute atomic E-state index is 12.1. The van der Waals surface area contributed by atoms with Gasteiger partial charge in [0.2, 0.25) is 5.91 Å². The molecule has 0 radical (unpaired) electrons. The third-order valence-electron chi connectivity index (χ3n) is 4.50. The van der Waals surface area contributed by atoms with Crippen LogP contribution >= 0.6 is 0 Å². The summed E-state index contributed by atoms with van der Waals surface area (Å²) in [6.07, 6.45) is 3.83. The monoisotopic (exact) mass is 334 g/mol. The van der Waals surface area contributed by atoms with Crippen LogP contribution in [0.3, 0.4) is 0 Å². The van der Waals surface area contributed by atoms with Gasteiger partial charge in [-0.3, -0.25) is 4.79 Å². The van der Waals surface area contributed by atoms with Crippen LogP contribution in [0.15, 0.2) is 0 Å². The Kier molecular flexibility index (Phi) is 4.49. The molecule has 1 fully saturated rings. The Hall–Kier alpha value is -2.09. The Balaban J connectivity index is 1.78. The second kappa shape index (κ2) is 6.43. The number of unbranched alkanes of at least 4 members (excludes halogenated alkanes) is 1. The molecule has 1 saturated carbocycles. The average molecular weight is 334 g/mol. The minimum Gasteiger partial charge on any atom is -0.337 e. The summed E-state index contributed by atoms with van der Waals surface area (Å²) in [5.41, 5.74) is 4.24. The summed E-state index contributed by atoms with van der Waals surface area (Å²) in [4.78, 5) is 25.6. The number of hydrogen-bond acceptors (Lipinski definition) is 4.